The molecule has 2 N–H and O–H groups in total. The molecule has 15 heavy (non-hydrogen) atoms. The van der Waals surface area contributed by atoms with Gasteiger partial charge in [0.05, 0.1) is 0 Å². The van der Waals surface area contributed by atoms with Crippen molar-refractivity contribution in [1.82, 2.24) is 4.98 Å². The smallest absolute Gasteiger partial charge is 0.237 e. The van der Waals surface area contributed by atoms with Crippen LogP contribution in [0.4, 0.5) is 8.78 Å². The molecule has 0 saturated heterocycles. The average Bonchev–Trinajstić information content (AvgIpc) is 2.06. The number of hydrogen-bond donors (Lipinski definition) is 1. The van der Waals surface area contributed by atoms with Crippen LogP contribution in [-0.2, 0) is 10.0 Å². The van der Waals surface area contributed by atoms with Gasteiger partial charge in [0.1, 0.15) is 15.2 Å². The minimum Gasteiger partial charge on any atom is -0.237 e. The third-order valence-electron chi connectivity index (χ3n) is 1.44. The van der Waals surface area contributed by atoms with Crippen LogP contribution in [0.3, 0.4) is 0 Å². The van der Waals surface area contributed by atoms with Gasteiger partial charge in [-0.15, -0.1) is 0 Å². The number of hydrogen-bond acceptors (Lipinski definition) is 3. The van der Waals surface area contributed by atoms with Crippen molar-refractivity contribution in [2.45, 2.75) is 11.3 Å². The maximum absolute atomic E-state index is 12.4. The lowest BCUT2D eigenvalue weighted by Crippen LogP contribution is -2.14. The van der Waals surface area contributed by atoms with E-state index in [2.05, 4.69) is 20.9 Å². The van der Waals surface area contributed by atoms with E-state index in [-0.39, 0.29) is 13.1 Å². The Morgan fingerprint density at radius 1 is 1.53 bits per heavy atom. The molecule has 0 saturated carbocycles. The topological polar surface area (TPSA) is 73.1 Å². The van der Waals surface area contributed by atoms with Gasteiger partial charge in [-0.2, -0.15) is 0 Å². The van der Waals surface area contributed by atoms with Crippen LogP contribution in [-0.4, -0.2) is 13.4 Å². The summed E-state index contributed by atoms with van der Waals surface area (Å²) in [6.45, 7) is 0. The lowest BCUT2D eigenvalue weighted by atomic mass is 10.4. The zero-order chi connectivity index (χ0) is 11.8. The van der Waals surface area contributed by atoms with Crippen LogP contribution in [0, 0.1) is 3.57 Å². The van der Waals surface area contributed by atoms with Crippen molar-refractivity contribution in [3.8, 4) is 0 Å². The lowest BCUT2D eigenvalue weighted by molar-refractivity contribution is 0.144. The lowest BCUT2D eigenvalue weighted by Gasteiger charge is -2.06. The number of nitrogens with two attached hydrogens (primary N) is 1. The molecule has 9 heteroatoms. The summed E-state index contributed by atoms with van der Waals surface area (Å²) in [5, 5.41) is 4.86. The molecule has 1 aromatic heterocycles. The van der Waals surface area contributed by atoms with E-state index in [9.17, 15) is 17.2 Å². The van der Waals surface area contributed by atoms with Crippen molar-refractivity contribution in [2.24, 2.45) is 5.14 Å². The number of primary sulfonamides is 1. The number of rotatable bonds is 2. The normalized spacial score (nSPS) is 12.1. The van der Waals surface area contributed by atoms with Crippen LogP contribution in [0.15, 0.2) is 15.6 Å². The molecule has 0 bridgehead atoms. The monoisotopic (exact) mass is 412 g/mol. The molecule has 0 unspecified atom stereocenters. The molecule has 0 aliphatic rings. The summed E-state index contributed by atoms with van der Waals surface area (Å²) in [4.78, 5) is 3.13. The van der Waals surface area contributed by atoms with E-state index in [4.69, 9.17) is 5.14 Å². The molecule has 4 nitrogen and oxygen atoms in total. The number of halogens is 4. The summed E-state index contributed by atoms with van der Waals surface area (Å²) in [7, 11) is -3.96. The van der Waals surface area contributed by atoms with E-state index >= 15 is 0 Å². The maximum atomic E-state index is 12.4. The van der Waals surface area contributed by atoms with E-state index < -0.39 is 22.1 Å². The minimum absolute atomic E-state index is 0.0508. The Balaban J connectivity index is 3.46. The predicted octanol–water partition coefficient (Wildman–Crippen LogP) is 2.03. The van der Waals surface area contributed by atoms with Gasteiger partial charge in [0.2, 0.25) is 10.0 Å². The Bertz CT molecular complexity index is 494. The van der Waals surface area contributed by atoms with Crippen molar-refractivity contribution in [1.29, 1.82) is 0 Å². The van der Waals surface area contributed by atoms with Crippen molar-refractivity contribution in [3.05, 3.63) is 19.9 Å². The van der Waals surface area contributed by atoms with Crippen LogP contribution >= 0.6 is 38.5 Å². The van der Waals surface area contributed by atoms with Crippen LogP contribution in [0.2, 0.25) is 0 Å². The van der Waals surface area contributed by atoms with Gasteiger partial charge in [0.15, 0.2) is 0 Å². The summed E-state index contributed by atoms with van der Waals surface area (Å²) in [5.41, 5.74) is -0.477. The second kappa shape index (κ2) is 4.55. The van der Waals surface area contributed by atoms with Gasteiger partial charge in [-0.25, -0.2) is 27.3 Å². The average molecular weight is 413 g/mol. The molecule has 0 aromatic carbocycles. The first-order valence-electron chi connectivity index (χ1n) is 3.40. The first-order chi connectivity index (χ1) is 6.73. The Morgan fingerprint density at radius 2 is 2.07 bits per heavy atom. The zero-order valence-corrected chi connectivity index (χ0v) is 11.5. The number of alkyl halides is 2. The molecule has 0 fully saturated rings. The SMILES string of the molecule is NS(=O)(=O)c1cc(I)c(C(F)F)nc1Br. The molecule has 0 spiro atoms. The Labute approximate surface area is 107 Å². The molecular weight excluding hydrogens is 409 g/mol. The second-order valence-corrected chi connectivity index (χ2v) is 5.93. The molecule has 1 aromatic rings. The van der Waals surface area contributed by atoms with Crippen molar-refractivity contribution in [2.75, 3.05) is 0 Å². The molecular formula is C6H4BrF2IN2O2S. The van der Waals surface area contributed by atoms with Gasteiger partial charge < -0.3 is 0 Å². The van der Waals surface area contributed by atoms with E-state index in [1.807, 2.05) is 0 Å². The number of pyridine rings is 1. The summed E-state index contributed by atoms with van der Waals surface area (Å²) >= 11 is 4.35. The van der Waals surface area contributed by atoms with Gasteiger partial charge in [0.25, 0.3) is 6.43 Å². The molecule has 1 rings (SSSR count). The number of aromatic nitrogens is 1. The standard InChI is InChI=1S/C6H4BrF2IN2O2S/c7-5-3(15(11,13)14)1-2(10)4(12-5)6(8)9/h1,6H,(H2,11,13,14). The van der Waals surface area contributed by atoms with Gasteiger partial charge in [-0.05, 0) is 44.6 Å². The molecule has 84 valence electrons. The van der Waals surface area contributed by atoms with E-state index in [0.717, 1.165) is 6.07 Å². The van der Waals surface area contributed by atoms with Crippen LogP contribution in [0.1, 0.15) is 12.1 Å². The van der Waals surface area contributed by atoms with Crippen molar-refractivity contribution < 1.29 is 17.2 Å². The number of nitrogens with zero attached hydrogens (tertiary/aromatic N) is 1. The third-order valence-corrected chi connectivity index (χ3v) is 4.09. The van der Waals surface area contributed by atoms with E-state index in [1.165, 1.54) is 0 Å². The van der Waals surface area contributed by atoms with Crippen LogP contribution in [0.25, 0.3) is 0 Å². The molecule has 0 amide bonds. The molecule has 0 aliphatic heterocycles. The summed E-state index contributed by atoms with van der Waals surface area (Å²) in [6, 6.07) is 1.05. The highest BCUT2D eigenvalue weighted by atomic mass is 127. The second-order valence-electron chi connectivity index (χ2n) is 2.49. The Morgan fingerprint density at radius 3 is 2.47 bits per heavy atom. The molecule has 0 atom stereocenters. The minimum atomic E-state index is -3.96. The largest absolute Gasteiger partial charge is 0.281 e. The predicted molar refractivity (Wildman–Crippen MR) is 61.0 cm³/mol. The molecule has 0 aliphatic carbocycles. The summed E-state index contributed by atoms with van der Waals surface area (Å²) in [5.74, 6) is 0. The van der Waals surface area contributed by atoms with E-state index in [0.29, 0.717) is 0 Å². The molecule has 1 heterocycles. The van der Waals surface area contributed by atoms with Crippen LogP contribution in [0.5, 0.6) is 0 Å². The highest BCUT2D eigenvalue weighted by molar-refractivity contribution is 14.1. The Kier molecular flexibility index (Phi) is 4.01. The van der Waals surface area contributed by atoms with Crippen molar-refractivity contribution >= 4 is 48.5 Å². The van der Waals surface area contributed by atoms with Gasteiger partial charge in [-0.3, -0.25) is 0 Å². The maximum Gasteiger partial charge on any atom is 0.281 e. The number of sulfonamides is 1. The fourth-order valence-corrected chi connectivity index (χ4v) is 3.24. The van der Waals surface area contributed by atoms with Crippen LogP contribution < -0.4 is 5.14 Å². The zero-order valence-electron chi connectivity index (χ0n) is 6.92. The fraction of sp³-hybridized carbons (Fsp3) is 0.167. The molecule has 0 radical (unpaired) electrons. The highest BCUT2D eigenvalue weighted by Gasteiger charge is 2.21. The first kappa shape index (κ1) is 13.2. The third kappa shape index (κ3) is 3.04. The Hall–Kier alpha value is 0.130. The van der Waals surface area contributed by atoms with E-state index in [1.54, 1.807) is 22.6 Å². The summed E-state index contributed by atoms with van der Waals surface area (Å²) < 4.78 is 46.6. The summed E-state index contributed by atoms with van der Waals surface area (Å²) in [6.07, 6.45) is -2.76. The first-order valence-corrected chi connectivity index (χ1v) is 6.82. The quantitative estimate of drug-likeness (QED) is 0.596. The van der Waals surface area contributed by atoms with Gasteiger partial charge >= 0.3 is 0 Å². The highest BCUT2D eigenvalue weighted by Crippen LogP contribution is 2.28. The fourth-order valence-electron chi connectivity index (χ4n) is 0.815. The van der Waals surface area contributed by atoms with Gasteiger partial charge in [0, 0.05) is 3.57 Å². The van der Waals surface area contributed by atoms with Crippen molar-refractivity contribution in [3.63, 3.8) is 0 Å². The van der Waals surface area contributed by atoms with Gasteiger partial charge in [-0.1, -0.05) is 0 Å².